The van der Waals surface area contributed by atoms with E-state index in [-0.39, 0.29) is 18.5 Å². The zero-order valence-corrected chi connectivity index (χ0v) is 15.6. The summed E-state index contributed by atoms with van der Waals surface area (Å²) < 4.78 is 5.29. The molecule has 6 heteroatoms. The van der Waals surface area contributed by atoms with E-state index < -0.39 is 0 Å². The molecule has 2 aromatic rings. The quantitative estimate of drug-likeness (QED) is 0.862. The van der Waals surface area contributed by atoms with Gasteiger partial charge in [-0.3, -0.25) is 9.69 Å². The number of benzene rings is 1. The highest BCUT2D eigenvalue weighted by atomic mass is 16.5. The van der Waals surface area contributed by atoms with Gasteiger partial charge in [-0.15, -0.1) is 0 Å². The largest absolute Gasteiger partial charge is 0.358 e. The van der Waals surface area contributed by atoms with Crippen LogP contribution in [0.5, 0.6) is 0 Å². The lowest BCUT2D eigenvalue weighted by atomic mass is 9.85. The summed E-state index contributed by atoms with van der Waals surface area (Å²) >= 11 is 0. The minimum atomic E-state index is 0.00993. The topological polar surface area (TPSA) is 70.4 Å². The van der Waals surface area contributed by atoms with E-state index in [1.54, 1.807) is 0 Å². The summed E-state index contributed by atoms with van der Waals surface area (Å²) in [5.74, 6) is 1.52. The molecular formula is C20H28N4O2. The van der Waals surface area contributed by atoms with Crippen molar-refractivity contribution < 1.29 is 9.32 Å². The number of carbonyl (C=O) groups excluding carboxylic acids is 1. The Morgan fingerprint density at radius 3 is 2.81 bits per heavy atom. The van der Waals surface area contributed by atoms with Gasteiger partial charge in [0.15, 0.2) is 11.4 Å². The van der Waals surface area contributed by atoms with Gasteiger partial charge in [0, 0.05) is 19.1 Å². The molecule has 2 heterocycles. The van der Waals surface area contributed by atoms with Crippen LogP contribution >= 0.6 is 0 Å². The van der Waals surface area contributed by atoms with E-state index in [1.165, 1.54) is 25.7 Å². The van der Waals surface area contributed by atoms with Gasteiger partial charge in [0.25, 0.3) is 0 Å². The molecule has 2 aliphatic rings. The Balaban J connectivity index is 1.22. The fourth-order valence-electron chi connectivity index (χ4n) is 4.13. The zero-order valence-electron chi connectivity index (χ0n) is 15.6. The van der Waals surface area contributed by atoms with Crippen LogP contribution in [0, 0.1) is 12.8 Å². The molecule has 2 fully saturated rings. The highest BCUT2D eigenvalue weighted by Gasteiger charge is 2.34. The second-order valence-corrected chi connectivity index (χ2v) is 8.02. The second kappa shape index (κ2) is 7.27. The summed E-state index contributed by atoms with van der Waals surface area (Å²) in [7, 11) is 0. The van der Waals surface area contributed by atoms with E-state index in [0.717, 1.165) is 41.6 Å². The molecule has 1 aromatic heterocycles. The summed E-state index contributed by atoms with van der Waals surface area (Å²) in [6.07, 6.45) is 5.30. The van der Waals surface area contributed by atoms with E-state index in [2.05, 4.69) is 27.6 Å². The standard InChI is InChI=1S/C20H28N4O2/c1-13-3-6-16(7-4-13)24-11-15(12-24)22-19(25)10-21-20-17-9-14(2)5-8-18(17)26-23-20/h5,8-9,13,15-16H,3-4,6-7,10-12H2,1-2H3,(H,21,23)(H,22,25)/t13-,16+. The van der Waals surface area contributed by atoms with E-state index in [0.29, 0.717) is 5.82 Å². The molecule has 1 aromatic carbocycles. The Kier molecular flexibility index (Phi) is 4.85. The van der Waals surface area contributed by atoms with Crippen molar-refractivity contribution in [3.63, 3.8) is 0 Å². The van der Waals surface area contributed by atoms with Crippen molar-refractivity contribution in [2.24, 2.45) is 5.92 Å². The number of anilines is 1. The third-order valence-corrected chi connectivity index (χ3v) is 5.82. The van der Waals surface area contributed by atoms with Gasteiger partial charge < -0.3 is 15.2 Å². The van der Waals surface area contributed by atoms with Crippen molar-refractivity contribution in [2.45, 2.75) is 51.6 Å². The lowest BCUT2D eigenvalue weighted by Crippen LogP contribution is -2.63. The molecule has 1 amide bonds. The summed E-state index contributed by atoms with van der Waals surface area (Å²) in [6, 6.07) is 6.90. The number of aromatic nitrogens is 1. The second-order valence-electron chi connectivity index (χ2n) is 8.02. The van der Waals surface area contributed by atoms with Crippen molar-refractivity contribution >= 4 is 22.7 Å². The van der Waals surface area contributed by atoms with Crippen LogP contribution in [-0.2, 0) is 4.79 Å². The molecule has 1 saturated carbocycles. The highest BCUT2D eigenvalue weighted by Crippen LogP contribution is 2.29. The molecule has 0 bridgehead atoms. The van der Waals surface area contributed by atoms with Gasteiger partial charge in [-0.1, -0.05) is 23.7 Å². The van der Waals surface area contributed by atoms with Gasteiger partial charge in [-0.2, -0.15) is 0 Å². The number of carbonyl (C=O) groups is 1. The molecule has 0 unspecified atom stereocenters. The average Bonchev–Trinajstić information content (AvgIpc) is 2.99. The fraction of sp³-hybridized carbons (Fsp3) is 0.600. The smallest absolute Gasteiger partial charge is 0.239 e. The van der Waals surface area contributed by atoms with Gasteiger partial charge in [-0.05, 0) is 50.7 Å². The van der Waals surface area contributed by atoms with Crippen LogP contribution in [0.3, 0.4) is 0 Å². The summed E-state index contributed by atoms with van der Waals surface area (Å²) in [5, 5.41) is 11.2. The number of hydrogen-bond acceptors (Lipinski definition) is 5. The Bertz CT molecular complexity index is 773. The third-order valence-electron chi connectivity index (χ3n) is 5.82. The van der Waals surface area contributed by atoms with Crippen LogP contribution in [0.2, 0.25) is 0 Å². The van der Waals surface area contributed by atoms with Gasteiger partial charge in [0.1, 0.15) is 0 Å². The molecular weight excluding hydrogens is 328 g/mol. The maximum absolute atomic E-state index is 12.2. The molecule has 140 valence electrons. The fourth-order valence-corrected chi connectivity index (χ4v) is 4.13. The predicted molar refractivity (Wildman–Crippen MR) is 102 cm³/mol. The minimum Gasteiger partial charge on any atom is -0.358 e. The Morgan fingerprint density at radius 1 is 1.27 bits per heavy atom. The van der Waals surface area contributed by atoms with E-state index >= 15 is 0 Å². The number of rotatable bonds is 5. The lowest BCUT2D eigenvalue weighted by Gasteiger charge is -2.46. The molecule has 1 aliphatic heterocycles. The first kappa shape index (κ1) is 17.3. The number of amides is 1. The maximum atomic E-state index is 12.2. The molecule has 6 nitrogen and oxygen atoms in total. The van der Waals surface area contributed by atoms with Crippen LogP contribution in [0.1, 0.15) is 38.2 Å². The maximum Gasteiger partial charge on any atom is 0.239 e. The molecule has 1 saturated heterocycles. The Morgan fingerprint density at radius 2 is 2.04 bits per heavy atom. The molecule has 4 rings (SSSR count). The molecule has 26 heavy (non-hydrogen) atoms. The zero-order chi connectivity index (χ0) is 18.1. The number of likely N-dealkylation sites (tertiary alicyclic amines) is 1. The van der Waals surface area contributed by atoms with Crippen LogP contribution in [0.15, 0.2) is 22.7 Å². The van der Waals surface area contributed by atoms with Crippen molar-refractivity contribution in [3.8, 4) is 0 Å². The molecule has 0 radical (unpaired) electrons. The van der Waals surface area contributed by atoms with Crippen molar-refractivity contribution in [3.05, 3.63) is 23.8 Å². The van der Waals surface area contributed by atoms with E-state index in [9.17, 15) is 4.79 Å². The minimum absolute atomic E-state index is 0.00993. The first-order valence-corrected chi connectivity index (χ1v) is 9.72. The van der Waals surface area contributed by atoms with E-state index in [4.69, 9.17) is 4.52 Å². The predicted octanol–water partition coefficient (Wildman–Crippen LogP) is 2.93. The highest BCUT2D eigenvalue weighted by molar-refractivity contribution is 5.90. The molecule has 2 N–H and O–H groups in total. The molecule has 1 aliphatic carbocycles. The monoisotopic (exact) mass is 356 g/mol. The van der Waals surface area contributed by atoms with Gasteiger partial charge in [0.2, 0.25) is 5.91 Å². The number of nitrogens with zero attached hydrogens (tertiary/aromatic N) is 2. The Labute approximate surface area is 154 Å². The van der Waals surface area contributed by atoms with Gasteiger partial charge in [0.05, 0.1) is 18.0 Å². The van der Waals surface area contributed by atoms with Crippen molar-refractivity contribution in [1.82, 2.24) is 15.4 Å². The van der Waals surface area contributed by atoms with Gasteiger partial charge >= 0.3 is 0 Å². The molecule has 0 atom stereocenters. The number of fused-ring (bicyclic) bond motifs is 1. The summed E-state index contributed by atoms with van der Waals surface area (Å²) in [6.45, 7) is 6.56. The average molecular weight is 356 g/mol. The number of nitrogens with one attached hydrogen (secondary N) is 2. The SMILES string of the molecule is Cc1ccc2onc(NCC(=O)NC3CN([C@H]4CC[C@@H](C)CC4)C3)c2c1. The number of aryl methyl sites for hydroxylation is 1. The summed E-state index contributed by atoms with van der Waals surface area (Å²) in [5.41, 5.74) is 1.87. The first-order chi connectivity index (χ1) is 12.6. The van der Waals surface area contributed by atoms with Crippen LogP contribution in [-0.4, -0.2) is 47.7 Å². The van der Waals surface area contributed by atoms with Gasteiger partial charge in [-0.25, -0.2) is 0 Å². The van der Waals surface area contributed by atoms with Crippen molar-refractivity contribution in [2.75, 3.05) is 25.0 Å². The van der Waals surface area contributed by atoms with Crippen molar-refractivity contribution in [1.29, 1.82) is 0 Å². The molecule has 0 spiro atoms. The normalized spacial score (nSPS) is 24.4. The third kappa shape index (κ3) is 3.70. The lowest BCUT2D eigenvalue weighted by molar-refractivity contribution is -0.121. The first-order valence-electron chi connectivity index (χ1n) is 9.72. The Hall–Kier alpha value is -2.08. The van der Waals surface area contributed by atoms with Crippen LogP contribution in [0.25, 0.3) is 11.0 Å². The summed E-state index contributed by atoms with van der Waals surface area (Å²) in [4.78, 5) is 14.7. The van der Waals surface area contributed by atoms with Crippen LogP contribution in [0.4, 0.5) is 5.82 Å². The van der Waals surface area contributed by atoms with Crippen LogP contribution < -0.4 is 10.6 Å². The van der Waals surface area contributed by atoms with E-state index in [1.807, 2.05) is 25.1 Å². The number of hydrogen-bond donors (Lipinski definition) is 2.